The van der Waals surface area contributed by atoms with Crippen LogP contribution < -0.4 is 0 Å². The maximum absolute atomic E-state index is 13.0. The van der Waals surface area contributed by atoms with Crippen molar-refractivity contribution in [2.75, 3.05) is 6.54 Å². The normalized spacial score (nSPS) is 11.9. The molecule has 24 heavy (non-hydrogen) atoms. The van der Waals surface area contributed by atoms with E-state index in [1.54, 1.807) is 4.68 Å². The molecule has 0 amide bonds. The van der Waals surface area contributed by atoms with Crippen LogP contribution in [0.15, 0.2) is 35.2 Å². The van der Waals surface area contributed by atoms with Gasteiger partial charge in [-0.3, -0.25) is 4.68 Å². The second-order valence-electron chi connectivity index (χ2n) is 6.23. The van der Waals surface area contributed by atoms with Crippen LogP contribution in [0.2, 0.25) is 0 Å². The van der Waals surface area contributed by atoms with E-state index in [0.717, 1.165) is 5.69 Å². The maximum atomic E-state index is 13.0. The van der Waals surface area contributed by atoms with Crippen molar-refractivity contribution >= 4 is 10.0 Å². The van der Waals surface area contributed by atoms with Crippen LogP contribution in [0.5, 0.6) is 0 Å². The minimum absolute atomic E-state index is 0.183. The summed E-state index contributed by atoms with van der Waals surface area (Å²) in [5, 5.41) is 13.2. The molecule has 1 aromatic heterocycles. The molecule has 0 aliphatic rings. The topological polar surface area (TPSA) is 79.0 Å². The van der Waals surface area contributed by atoms with Crippen molar-refractivity contribution < 1.29 is 8.42 Å². The van der Waals surface area contributed by atoms with Gasteiger partial charge in [-0.1, -0.05) is 13.8 Å². The van der Waals surface area contributed by atoms with Crippen LogP contribution in [0.3, 0.4) is 0 Å². The predicted molar refractivity (Wildman–Crippen MR) is 91.5 cm³/mol. The molecule has 7 heteroatoms. The summed E-state index contributed by atoms with van der Waals surface area (Å²) < 4.78 is 29.1. The van der Waals surface area contributed by atoms with Gasteiger partial charge >= 0.3 is 0 Å². The average molecular weight is 346 g/mol. The number of aryl methyl sites for hydroxylation is 2. The van der Waals surface area contributed by atoms with E-state index in [1.165, 1.54) is 28.6 Å². The van der Waals surface area contributed by atoms with Crippen LogP contribution in [0.1, 0.15) is 30.8 Å². The molecule has 1 aromatic carbocycles. The van der Waals surface area contributed by atoms with Crippen LogP contribution in [-0.4, -0.2) is 29.0 Å². The van der Waals surface area contributed by atoms with E-state index in [1.807, 2.05) is 40.0 Å². The summed E-state index contributed by atoms with van der Waals surface area (Å²) >= 11 is 0. The van der Waals surface area contributed by atoms with Gasteiger partial charge in [0.15, 0.2) is 0 Å². The Labute approximate surface area is 143 Å². The van der Waals surface area contributed by atoms with Gasteiger partial charge in [0.25, 0.3) is 0 Å². The first-order valence-electron chi connectivity index (χ1n) is 7.74. The van der Waals surface area contributed by atoms with Crippen LogP contribution >= 0.6 is 0 Å². The highest BCUT2D eigenvalue weighted by Gasteiger charge is 2.26. The smallest absolute Gasteiger partial charge is 0.243 e. The lowest BCUT2D eigenvalue weighted by molar-refractivity contribution is 0.357. The molecule has 0 N–H and O–H groups in total. The molecule has 0 aliphatic carbocycles. The van der Waals surface area contributed by atoms with Gasteiger partial charge in [-0.25, -0.2) is 8.42 Å². The number of rotatable bonds is 6. The third kappa shape index (κ3) is 4.02. The Morgan fingerprint density at radius 2 is 1.92 bits per heavy atom. The molecule has 2 rings (SSSR count). The van der Waals surface area contributed by atoms with Gasteiger partial charge in [-0.15, -0.1) is 0 Å². The summed E-state index contributed by atoms with van der Waals surface area (Å²) in [6.45, 7) is 6.51. The highest BCUT2D eigenvalue weighted by Crippen LogP contribution is 2.20. The molecule has 0 bridgehead atoms. The summed E-state index contributed by atoms with van der Waals surface area (Å²) in [7, 11) is -1.81. The van der Waals surface area contributed by atoms with Gasteiger partial charge < -0.3 is 0 Å². The monoisotopic (exact) mass is 346 g/mol. The highest BCUT2D eigenvalue weighted by atomic mass is 32.2. The molecule has 0 saturated carbocycles. The van der Waals surface area contributed by atoms with E-state index in [9.17, 15) is 8.42 Å². The van der Waals surface area contributed by atoms with Gasteiger partial charge in [0.1, 0.15) is 0 Å². The molecule has 0 saturated heterocycles. The van der Waals surface area contributed by atoms with Gasteiger partial charge in [0.05, 0.1) is 28.8 Å². The molecule has 1 heterocycles. The molecule has 0 fully saturated rings. The number of aromatic nitrogens is 2. The summed E-state index contributed by atoms with van der Waals surface area (Å²) in [5.41, 5.74) is 2.13. The molecule has 0 unspecified atom stereocenters. The second-order valence-corrected chi connectivity index (χ2v) is 8.17. The molecule has 128 valence electrons. The zero-order valence-corrected chi connectivity index (χ0v) is 15.2. The average Bonchev–Trinajstić information content (AvgIpc) is 2.84. The van der Waals surface area contributed by atoms with Crippen molar-refractivity contribution in [1.29, 1.82) is 5.26 Å². The van der Waals surface area contributed by atoms with Gasteiger partial charge in [-0.2, -0.15) is 14.7 Å². The third-order valence-corrected chi connectivity index (χ3v) is 5.52. The van der Waals surface area contributed by atoms with Gasteiger partial charge in [0.2, 0.25) is 10.0 Å². The van der Waals surface area contributed by atoms with E-state index < -0.39 is 10.0 Å². The van der Waals surface area contributed by atoms with E-state index in [0.29, 0.717) is 17.8 Å². The number of benzene rings is 1. The van der Waals surface area contributed by atoms with E-state index in [-0.39, 0.29) is 17.4 Å². The molecule has 6 nitrogen and oxygen atoms in total. The Balaban J connectivity index is 2.35. The SMILES string of the molecule is Cc1cc(CN(CC(C)C)S(=O)(=O)c2ccc(C#N)cc2)nn1C. The Morgan fingerprint density at radius 1 is 1.29 bits per heavy atom. The number of nitriles is 1. The molecule has 0 atom stereocenters. The summed E-state index contributed by atoms with van der Waals surface area (Å²) in [6, 6.07) is 9.88. The third-order valence-electron chi connectivity index (χ3n) is 3.69. The Morgan fingerprint density at radius 3 is 2.38 bits per heavy atom. The van der Waals surface area contributed by atoms with Crippen molar-refractivity contribution in [2.24, 2.45) is 13.0 Å². The molecule has 2 aromatic rings. The molecular formula is C17H22N4O2S. The van der Waals surface area contributed by atoms with E-state index in [2.05, 4.69) is 5.10 Å². The van der Waals surface area contributed by atoms with E-state index in [4.69, 9.17) is 5.26 Å². The standard InChI is InChI=1S/C17H22N4O2S/c1-13(2)11-21(12-16-9-14(3)20(4)19-16)24(22,23)17-7-5-15(10-18)6-8-17/h5-9,13H,11-12H2,1-4H3. The summed E-state index contributed by atoms with van der Waals surface area (Å²) in [5.74, 6) is 0.183. The lowest BCUT2D eigenvalue weighted by Gasteiger charge is -2.23. The van der Waals surface area contributed by atoms with Crippen LogP contribution in [-0.2, 0) is 23.6 Å². The van der Waals surface area contributed by atoms with Crippen molar-refractivity contribution in [1.82, 2.24) is 14.1 Å². The fourth-order valence-corrected chi connectivity index (χ4v) is 3.97. The Kier molecular flexibility index (Phi) is 5.42. The van der Waals surface area contributed by atoms with Crippen LogP contribution in [0.4, 0.5) is 0 Å². The summed E-state index contributed by atoms with van der Waals surface area (Å²) in [4.78, 5) is 0.190. The quantitative estimate of drug-likeness (QED) is 0.805. The van der Waals surface area contributed by atoms with Gasteiger partial charge in [0, 0.05) is 19.3 Å². The van der Waals surface area contributed by atoms with Crippen LogP contribution in [0.25, 0.3) is 0 Å². The second kappa shape index (κ2) is 7.16. The minimum atomic E-state index is -3.65. The number of hydrogen-bond acceptors (Lipinski definition) is 4. The van der Waals surface area contributed by atoms with Gasteiger partial charge in [-0.05, 0) is 43.2 Å². The van der Waals surface area contributed by atoms with Crippen LogP contribution in [0, 0.1) is 24.2 Å². The van der Waals surface area contributed by atoms with Crippen molar-refractivity contribution in [2.45, 2.75) is 32.2 Å². The first kappa shape index (κ1) is 18.2. The largest absolute Gasteiger partial charge is 0.273 e. The van der Waals surface area contributed by atoms with Crippen molar-refractivity contribution in [3.63, 3.8) is 0 Å². The lowest BCUT2D eigenvalue weighted by Crippen LogP contribution is -2.34. The van der Waals surface area contributed by atoms with Crippen molar-refractivity contribution in [3.05, 3.63) is 47.3 Å². The predicted octanol–water partition coefficient (Wildman–Crippen LogP) is 2.45. The molecular weight excluding hydrogens is 324 g/mol. The fourth-order valence-electron chi connectivity index (χ4n) is 2.40. The maximum Gasteiger partial charge on any atom is 0.243 e. The highest BCUT2D eigenvalue weighted by molar-refractivity contribution is 7.89. The zero-order valence-electron chi connectivity index (χ0n) is 14.4. The molecule has 0 spiro atoms. The van der Waals surface area contributed by atoms with Crippen molar-refractivity contribution in [3.8, 4) is 6.07 Å². The number of nitrogens with zero attached hydrogens (tertiary/aromatic N) is 4. The number of sulfonamides is 1. The number of hydrogen-bond donors (Lipinski definition) is 0. The zero-order chi connectivity index (χ0) is 17.9. The first-order valence-corrected chi connectivity index (χ1v) is 9.18. The first-order chi connectivity index (χ1) is 11.2. The lowest BCUT2D eigenvalue weighted by atomic mass is 10.2. The fraction of sp³-hybridized carbons (Fsp3) is 0.412. The molecule has 0 radical (unpaired) electrons. The Hall–Kier alpha value is -2.17. The Bertz CT molecular complexity index is 826. The summed E-state index contributed by atoms with van der Waals surface area (Å²) in [6.07, 6.45) is 0. The molecule has 0 aliphatic heterocycles. The minimum Gasteiger partial charge on any atom is -0.273 e. The van der Waals surface area contributed by atoms with E-state index >= 15 is 0 Å².